The fraction of sp³-hybridized carbons (Fsp3) is 1.00. The summed E-state index contributed by atoms with van der Waals surface area (Å²) in [6.45, 7) is 9.62. The lowest BCUT2D eigenvalue weighted by molar-refractivity contribution is 0.0920. The summed E-state index contributed by atoms with van der Waals surface area (Å²) in [5, 5.41) is 0.848. The molecule has 0 spiro atoms. The van der Waals surface area contributed by atoms with E-state index < -0.39 is 0 Å². The van der Waals surface area contributed by atoms with Gasteiger partial charge >= 0.3 is 0 Å². The van der Waals surface area contributed by atoms with Crippen LogP contribution in [-0.2, 0) is 4.74 Å². The van der Waals surface area contributed by atoms with Gasteiger partial charge in [0.1, 0.15) is 0 Å². The highest BCUT2D eigenvalue weighted by Crippen LogP contribution is 2.19. The van der Waals surface area contributed by atoms with Crippen LogP contribution in [0.25, 0.3) is 0 Å². The standard InChI is InChI=1S/C11H24OS/c1-5-7-11(6-2)13-9-8-12-10(3)4/h10-11H,5-9H2,1-4H3. The van der Waals surface area contributed by atoms with Gasteiger partial charge in [0, 0.05) is 11.0 Å². The second kappa shape index (κ2) is 8.89. The summed E-state index contributed by atoms with van der Waals surface area (Å²) >= 11 is 2.06. The number of hydrogen-bond acceptors (Lipinski definition) is 2. The molecule has 0 saturated carbocycles. The van der Waals surface area contributed by atoms with E-state index in [9.17, 15) is 0 Å². The molecule has 0 aliphatic carbocycles. The lowest BCUT2D eigenvalue weighted by atomic mass is 10.2. The quantitative estimate of drug-likeness (QED) is 0.557. The molecule has 0 rings (SSSR count). The molecular weight excluding hydrogens is 180 g/mol. The second-order valence-electron chi connectivity index (χ2n) is 3.61. The molecule has 0 bridgehead atoms. The van der Waals surface area contributed by atoms with Gasteiger partial charge in [0.25, 0.3) is 0 Å². The van der Waals surface area contributed by atoms with Crippen molar-refractivity contribution in [2.24, 2.45) is 0 Å². The van der Waals surface area contributed by atoms with Crippen LogP contribution in [0.5, 0.6) is 0 Å². The zero-order valence-corrected chi connectivity index (χ0v) is 10.3. The van der Waals surface area contributed by atoms with Gasteiger partial charge in [-0.3, -0.25) is 0 Å². The molecule has 1 nitrogen and oxygen atoms in total. The minimum Gasteiger partial charge on any atom is -0.378 e. The van der Waals surface area contributed by atoms with Gasteiger partial charge in [0.2, 0.25) is 0 Å². The molecule has 0 aromatic rings. The Balaban J connectivity index is 3.27. The molecule has 0 amide bonds. The van der Waals surface area contributed by atoms with Crippen molar-refractivity contribution in [3.63, 3.8) is 0 Å². The molecule has 0 saturated heterocycles. The maximum absolute atomic E-state index is 5.49. The van der Waals surface area contributed by atoms with E-state index >= 15 is 0 Å². The van der Waals surface area contributed by atoms with Crippen molar-refractivity contribution in [2.75, 3.05) is 12.4 Å². The van der Waals surface area contributed by atoms with Gasteiger partial charge < -0.3 is 4.74 Å². The third-order valence-corrected chi connectivity index (χ3v) is 3.40. The Labute approximate surface area is 87.6 Å². The normalized spacial score (nSPS) is 13.6. The smallest absolute Gasteiger partial charge is 0.0560 e. The molecule has 0 fully saturated rings. The summed E-state index contributed by atoms with van der Waals surface area (Å²) in [6.07, 6.45) is 4.33. The maximum atomic E-state index is 5.49. The lowest BCUT2D eigenvalue weighted by Gasteiger charge is -2.13. The van der Waals surface area contributed by atoms with E-state index in [1.165, 1.54) is 19.3 Å². The van der Waals surface area contributed by atoms with E-state index in [-0.39, 0.29) is 0 Å². The van der Waals surface area contributed by atoms with Crippen molar-refractivity contribution in [2.45, 2.75) is 58.3 Å². The average Bonchev–Trinajstić information content (AvgIpc) is 2.10. The number of ether oxygens (including phenoxy) is 1. The van der Waals surface area contributed by atoms with Crippen molar-refractivity contribution in [3.8, 4) is 0 Å². The minimum absolute atomic E-state index is 0.381. The van der Waals surface area contributed by atoms with Crippen LogP contribution in [0.3, 0.4) is 0 Å². The van der Waals surface area contributed by atoms with E-state index in [2.05, 4.69) is 39.5 Å². The van der Waals surface area contributed by atoms with Gasteiger partial charge in [0.05, 0.1) is 12.7 Å². The summed E-state index contributed by atoms with van der Waals surface area (Å²) in [7, 11) is 0. The Morgan fingerprint density at radius 3 is 2.38 bits per heavy atom. The van der Waals surface area contributed by atoms with Crippen molar-refractivity contribution in [1.29, 1.82) is 0 Å². The molecule has 0 aromatic carbocycles. The topological polar surface area (TPSA) is 9.23 Å². The van der Waals surface area contributed by atoms with Crippen LogP contribution >= 0.6 is 11.8 Å². The van der Waals surface area contributed by atoms with Gasteiger partial charge in [-0.25, -0.2) is 0 Å². The van der Waals surface area contributed by atoms with E-state index in [4.69, 9.17) is 4.74 Å². The van der Waals surface area contributed by atoms with E-state index in [1.807, 2.05) is 0 Å². The van der Waals surface area contributed by atoms with Crippen LogP contribution in [-0.4, -0.2) is 23.7 Å². The fourth-order valence-corrected chi connectivity index (χ4v) is 2.39. The van der Waals surface area contributed by atoms with Gasteiger partial charge in [-0.2, -0.15) is 11.8 Å². The fourth-order valence-electron chi connectivity index (χ4n) is 1.23. The van der Waals surface area contributed by atoms with Crippen LogP contribution in [0.4, 0.5) is 0 Å². The first-order valence-corrected chi connectivity index (χ1v) is 6.48. The highest BCUT2D eigenvalue weighted by Gasteiger charge is 2.04. The summed E-state index contributed by atoms with van der Waals surface area (Å²) in [4.78, 5) is 0. The highest BCUT2D eigenvalue weighted by atomic mass is 32.2. The summed E-state index contributed by atoms with van der Waals surface area (Å²) in [5.74, 6) is 1.15. The monoisotopic (exact) mass is 204 g/mol. The lowest BCUT2D eigenvalue weighted by Crippen LogP contribution is -2.08. The minimum atomic E-state index is 0.381. The molecule has 0 aliphatic rings. The van der Waals surface area contributed by atoms with E-state index in [1.54, 1.807) is 0 Å². The van der Waals surface area contributed by atoms with Crippen LogP contribution < -0.4 is 0 Å². The average molecular weight is 204 g/mol. The Morgan fingerprint density at radius 2 is 1.92 bits per heavy atom. The van der Waals surface area contributed by atoms with E-state index in [0.29, 0.717) is 6.10 Å². The maximum Gasteiger partial charge on any atom is 0.0560 e. The number of rotatable bonds is 8. The molecule has 1 unspecified atom stereocenters. The molecule has 0 N–H and O–H groups in total. The summed E-state index contributed by atoms with van der Waals surface area (Å²) in [5.41, 5.74) is 0. The highest BCUT2D eigenvalue weighted by molar-refractivity contribution is 7.99. The largest absolute Gasteiger partial charge is 0.378 e. The predicted molar refractivity (Wildman–Crippen MR) is 62.5 cm³/mol. The second-order valence-corrected chi connectivity index (χ2v) is 5.02. The molecular formula is C11H24OS. The first-order chi connectivity index (χ1) is 6.20. The van der Waals surface area contributed by atoms with Gasteiger partial charge in [-0.15, -0.1) is 0 Å². The molecule has 0 aromatic heterocycles. The molecule has 0 radical (unpaired) electrons. The molecule has 1 atom stereocenters. The van der Waals surface area contributed by atoms with Crippen molar-refractivity contribution in [1.82, 2.24) is 0 Å². The Kier molecular flexibility index (Phi) is 9.10. The van der Waals surface area contributed by atoms with Crippen LogP contribution in [0.15, 0.2) is 0 Å². The molecule has 2 heteroatoms. The third kappa shape index (κ3) is 8.63. The number of thioether (sulfide) groups is 1. The van der Waals surface area contributed by atoms with Crippen molar-refractivity contribution in [3.05, 3.63) is 0 Å². The molecule has 0 heterocycles. The van der Waals surface area contributed by atoms with Gasteiger partial charge in [-0.1, -0.05) is 20.3 Å². The molecule has 13 heavy (non-hydrogen) atoms. The van der Waals surface area contributed by atoms with E-state index in [0.717, 1.165) is 17.6 Å². The first-order valence-electron chi connectivity index (χ1n) is 5.43. The number of hydrogen-bond donors (Lipinski definition) is 0. The third-order valence-electron chi connectivity index (χ3n) is 1.95. The van der Waals surface area contributed by atoms with Gasteiger partial charge in [0.15, 0.2) is 0 Å². The summed E-state index contributed by atoms with van der Waals surface area (Å²) in [6, 6.07) is 0. The Hall–Kier alpha value is 0.310. The van der Waals surface area contributed by atoms with Crippen LogP contribution in [0, 0.1) is 0 Å². The Morgan fingerprint density at radius 1 is 1.23 bits per heavy atom. The van der Waals surface area contributed by atoms with Crippen molar-refractivity contribution < 1.29 is 4.74 Å². The molecule has 0 aliphatic heterocycles. The van der Waals surface area contributed by atoms with Gasteiger partial charge in [-0.05, 0) is 26.7 Å². The molecule has 80 valence electrons. The zero-order valence-electron chi connectivity index (χ0n) is 9.51. The predicted octanol–water partition coefficient (Wildman–Crippen LogP) is 3.72. The zero-order chi connectivity index (χ0) is 10.1. The SMILES string of the molecule is CCCC(CC)SCCOC(C)C. The Bertz CT molecular complexity index is 104. The summed E-state index contributed by atoms with van der Waals surface area (Å²) < 4.78 is 5.49. The van der Waals surface area contributed by atoms with Crippen LogP contribution in [0.1, 0.15) is 47.0 Å². The first kappa shape index (κ1) is 13.3. The van der Waals surface area contributed by atoms with Crippen molar-refractivity contribution >= 4 is 11.8 Å². The van der Waals surface area contributed by atoms with Crippen LogP contribution in [0.2, 0.25) is 0 Å².